The Hall–Kier alpha value is -2.19. The molecule has 32 heavy (non-hydrogen) atoms. The summed E-state index contributed by atoms with van der Waals surface area (Å²) < 4.78 is 25.9. The van der Waals surface area contributed by atoms with Crippen LogP contribution in [0.3, 0.4) is 0 Å². The number of hydrogen-bond donors (Lipinski definition) is 3. The van der Waals surface area contributed by atoms with Crippen LogP contribution in [0, 0.1) is 5.92 Å². The van der Waals surface area contributed by atoms with E-state index in [-0.39, 0.29) is 28.3 Å². The van der Waals surface area contributed by atoms with Gasteiger partial charge in [-0.1, -0.05) is 53.7 Å². The number of ketones is 1. The Morgan fingerprint density at radius 2 is 1.44 bits per heavy atom. The molecule has 0 bridgehead atoms. The first-order valence-electron chi connectivity index (χ1n) is 10.6. The summed E-state index contributed by atoms with van der Waals surface area (Å²) >= 11 is 0. The normalized spacial score (nSPS) is 17.3. The fourth-order valence-corrected chi connectivity index (χ4v) is 3.40. The molecule has 3 N–H and O–H groups in total. The number of aliphatic hydroxyl groups excluding tert-OH is 1. The van der Waals surface area contributed by atoms with Crippen LogP contribution in [0.2, 0.25) is 0 Å². The second-order valence-corrected chi connectivity index (χ2v) is 11.8. The molecule has 1 unspecified atom stereocenters. The SMILES string of the molecule is CC1=C(O)C(=O)C(CCCc2cc(C(C)(C)C)c(O)c(C(C)(C)C)c2)C=N1.CS(=O)(=O)O. The number of carbonyl (C=O) groups excluding carboxylic acids is 1. The van der Waals surface area contributed by atoms with Crippen molar-refractivity contribution in [2.24, 2.45) is 10.9 Å². The number of benzene rings is 1. The van der Waals surface area contributed by atoms with E-state index in [1.807, 2.05) is 0 Å². The molecule has 0 spiro atoms. The summed E-state index contributed by atoms with van der Waals surface area (Å²) in [7, 11) is -3.67. The van der Waals surface area contributed by atoms with Gasteiger partial charge in [0.2, 0.25) is 5.78 Å². The van der Waals surface area contributed by atoms with Crippen molar-refractivity contribution in [1.82, 2.24) is 0 Å². The Bertz CT molecular complexity index is 965. The number of aromatic hydroxyl groups is 1. The number of carbonyl (C=O) groups is 1. The maximum absolute atomic E-state index is 12.2. The van der Waals surface area contributed by atoms with E-state index >= 15 is 0 Å². The molecule has 1 aliphatic rings. The van der Waals surface area contributed by atoms with Gasteiger partial charge >= 0.3 is 0 Å². The minimum absolute atomic E-state index is 0.153. The molecule has 0 saturated carbocycles. The number of hydrogen-bond acceptors (Lipinski definition) is 6. The van der Waals surface area contributed by atoms with Crippen molar-refractivity contribution in [2.75, 3.05) is 6.26 Å². The third kappa shape index (κ3) is 8.39. The third-order valence-electron chi connectivity index (χ3n) is 5.13. The standard InChI is InChI=1S/C23H33NO3.CH4O3S/c1-14-19(25)20(26)16(13-24-14)10-8-9-15-11-17(22(2,3)4)21(27)18(12-15)23(5,6)7;1-5(2,3)4/h11-13,16,25,27H,8-10H2,1-7H3;1H3,(H,2,3,4). The summed E-state index contributed by atoms with van der Waals surface area (Å²) in [5.41, 5.74) is 3.16. The van der Waals surface area contributed by atoms with Crippen LogP contribution in [0.4, 0.5) is 0 Å². The molecule has 8 heteroatoms. The first-order valence-corrected chi connectivity index (χ1v) is 12.4. The maximum atomic E-state index is 12.2. The van der Waals surface area contributed by atoms with Crippen LogP contribution in [0.25, 0.3) is 0 Å². The topological polar surface area (TPSA) is 124 Å². The van der Waals surface area contributed by atoms with Crippen LogP contribution in [-0.4, -0.2) is 41.4 Å². The van der Waals surface area contributed by atoms with E-state index in [0.29, 0.717) is 24.1 Å². The largest absolute Gasteiger partial charge is 0.507 e. The molecule has 0 saturated heterocycles. The lowest BCUT2D eigenvalue weighted by Crippen LogP contribution is -2.22. The average molecular weight is 468 g/mol. The van der Waals surface area contributed by atoms with Gasteiger partial charge in [0.1, 0.15) is 5.75 Å². The minimum atomic E-state index is -3.67. The molecule has 1 aliphatic heterocycles. The summed E-state index contributed by atoms with van der Waals surface area (Å²) in [5, 5.41) is 20.6. The highest BCUT2D eigenvalue weighted by molar-refractivity contribution is 7.85. The highest BCUT2D eigenvalue weighted by Crippen LogP contribution is 2.40. The van der Waals surface area contributed by atoms with Crippen molar-refractivity contribution in [1.29, 1.82) is 0 Å². The smallest absolute Gasteiger partial charge is 0.261 e. The molecular formula is C24H37NO6S. The zero-order valence-electron chi connectivity index (χ0n) is 20.4. The lowest BCUT2D eigenvalue weighted by Gasteiger charge is -2.28. The molecule has 1 aromatic carbocycles. The zero-order chi connectivity index (χ0) is 25.1. The number of Topliss-reactive ketones (excluding diaryl/α,β-unsaturated/α-hetero) is 1. The van der Waals surface area contributed by atoms with Crippen molar-refractivity contribution in [3.63, 3.8) is 0 Å². The lowest BCUT2D eigenvalue weighted by molar-refractivity contribution is -0.120. The second kappa shape index (κ2) is 10.2. The van der Waals surface area contributed by atoms with E-state index in [2.05, 4.69) is 58.7 Å². The van der Waals surface area contributed by atoms with Crippen LogP contribution < -0.4 is 0 Å². The van der Waals surface area contributed by atoms with Crippen LogP contribution in [0.5, 0.6) is 5.75 Å². The van der Waals surface area contributed by atoms with Crippen molar-refractivity contribution in [3.05, 3.63) is 40.3 Å². The third-order valence-corrected chi connectivity index (χ3v) is 5.13. The second-order valence-electron chi connectivity index (χ2n) is 10.3. The van der Waals surface area contributed by atoms with Crippen LogP contribution >= 0.6 is 0 Å². The van der Waals surface area contributed by atoms with Crippen molar-refractivity contribution in [3.8, 4) is 5.75 Å². The number of allylic oxidation sites excluding steroid dienone is 2. The van der Waals surface area contributed by atoms with E-state index in [9.17, 15) is 23.4 Å². The number of rotatable bonds is 4. The number of aliphatic hydroxyl groups is 1. The number of aryl methyl sites for hydroxylation is 1. The van der Waals surface area contributed by atoms with Gasteiger partial charge in [-0.05, 0) is 53.7 Å². The number of phenolic OH excluding ortho intramolecular Hbond substituents is 1. The van der Waals surface area contributed by atoms with Gasteiger partial charge in [0.05, 0.1) is 17.9 Å². The summed E-state index contributed by atoms with van der Waals surface area (Å²) in [5.74, 6) is -0.412. The average Bonchev–Trinajstić information content (AvgIpc) is 2.59. The van der Waals surface area contributed by atoms with Gasteiger partial charge in [-0.15, -0.1) is 0 Å². The van der Waals surface area contributed by atoms with Gasteiger partial charge in [0.25, 0.3) is 10.1 Å². The van der Waals surface area contributed by atoms with Gasteiger partial charge in [-0.25, -0.2) is 0 Å². The Balaban J connectivity index is 0.000000920. The lowest BCUT2D eigenvalue weighted by atomic mass is 9.78. The molecule has 0 aromatic heterocycles. The van der Waals surface area contributed by atoms with Crippen LogP contribution in [0.1, 0.15) is 78.0 Å². The van der Waals surface area contributed by atoms with Gasteiger partial charge in [0.15, 0.2) is 5.76 Å². The molecule has 0 radical (unpaired) electrons. The molecule has 1 atom stereocenters. The fraction of sp³-hybridized carbons (Fsp3) is 0.583. The van der Waals surface area contributed by atoms with E-state index in [4.69, 9.17) is 4.55 Å². The van der Waals surface area contributed by atoms with E-state index < -0.39 is 10.1 Å². The maximum Gasteiger partial charge on any atom is 0.261 e. The predicted octanol–water partition coefficient (Wildman–Crippen LogP) is 4.87. The summed E-state index contributed by atoms with van der Waals surface area (Å²) in [6.45, 7) is 14.3. The van der Waals surface area contributed by atoms with Crippen LogP contribution in [0.15, 0.2) is 28.6 Å². The molecule has 180 valence electrons. The molecule has 0 amide bonds. The Labute approximate surface area is 192 Å². The first-order chi connectivity index (χ1) is 14.3. The van der Waals surface area contributed by atoms with Gasteiger partial charge in [-0.2, -0.15) is 8.42 Å². The molecule has 0 fully saturated rings. The van der Waals surface area contributed by atoms with Gasteiger partial charge in [-0.3, -0.25) is 14.3 Å². The van der Waals surface area contributed by atoms with Crippen molar-refractivity contribution in [2.45, 2.75) is 78.6 Å². The quantitative estimate of drug-likeness (QED) is 0.543. The summed E-state index contributed by atoms with van der Waals surface area (Å²) in [4.78, 5) is 16.3. The first kappa shape index (κ1) is 27.8. The van der Waals surface area contributed by atoms with E-state index in [1.165, 1.54) is 5.56 Å². The Morgan fingerprint density at radius 1 is 1.00 bits per heavy atom. The molecule has 1 aromatic rings. The Morgan fingerprint density at radius 3 is 1.84 bits per heavy atom. The molecule has 0 aliphatic carbocycles. The van der Waals surface area contributed by atoms with Crippen molar-refractivity contribution >= 4 is 22.1 Å². The molecule has 7 nitrogen and oxygen atoms in total. The number of phenols is 1. The number of aliphatic imine (C=N–C) groups is 1. The zero-order valence-corrected chi connectivity index (χ0v) is 21.2. The molecular weight excluding hydrogens is 430 g/mol. The van der Waals surface area contributed by atoms with E-state index in [0.717, 1.165) is 24.0 Å². The minimum Gasteiger partial charge on any atom is -0.507 e. The summed E-state index contributed by atoms with van der Waals surface area (Å²) in [6.07, 6.45) is 4.64. The predicted molar refractivity (Wildman–Crippen MR) is 128 cm³/mol. The van der Waals surface area contributed by atoms with Gasteiger partial charge in [0, 0.05) is 6.21 Å². The highest BCUT2D eigenvalue weighted by atomic mass is 32.2. The van der Waals surface area contributed by atoms with Crippen molar-refractivity contribution < 1.29 is 28.0 Å². The summed E-state index contributed by atoms with van der Waals surface area (Å²) in [6, 6.07) is 4.17. The van der Waals surface area contributed by atoms with E-state index in [1.54, 1.807) is 13.1 Å². The highest BCUT2D eigenvalue weighted by Gasteiger charge is 2.27. The Kier molecular flexibility index (Phi) is 8.85. The van der Waals surface area contributed by atoms with Crippen LogP contribution in [-0.2, 0) is 32.2 Å². The molecule has 2 rings (SSSR count). The molecule has 1 heterocycles. The fourth-order valence-electron chi connectivity index (χ4n) is 3.40. The van der Waals surface area contributed by atoms with Gasteiger partial charge < -0.3 is 10.2 Å². The number of nitrogens with zero attached hydrogens (tertiary/aromatic N) is 1. The monoisotopic (exact) mass is 467 g/mol.